The molecule has 0 aromatic heterocycles. The van der Waals surface area contributed by atoms with Gasteiger partial charge in [-0.1, -0.05) is 24.3 Å². The van der Waals surface area contributed by atoms with Crippen LogP contribution in [0, 0.1) is 5.82 Å². The Kier molecular flexibility index (Phi) is 2.44. The molecule has 17 heavy (non-hydrogen) atoms. The van der Waals surface area contributed by atoms with Gasteiger partial charge in [-0.2, -0.15) is 0 Å². The van der Waals surface area contributed by atoms with E-state index in [0.717, 1.165) is 24.5 Å². The molecule has 2 aromatic carbocycles. The number of anilines is 3. The maximum absolute atomic E-state index is 13.8. The molecule has 1 N–H and O–H groups in total. The summed E-state index contributed by atoms with van der Waals surface area (Å²) in [5.74, 6) is -0.177. The van der Waals surface area contributed by atoms with Crippen molar-refractivity contribution in [2.45, 2.75) is 0 Å². The van der Waals surface area contributed by atoms with Crippen molar-refractivity contribution in [2.75, 3.05) is 23.3 Å². The zero-order valence-corrected chi connectivity index (χ0v) is 9.36. The lowest BCUT2D eigenvalue weighted by molar-refractivity contribution is 0.624. The van der Waals surface area contributed by atoms with Gasteiger partial charge in [0.1, 0.15) is 5.82 Å². The molecule has 3 rings (SSSR count). The molecule has 1 aliphatic heterocycles. The fourth-order valence-electron chi connectivity index (χ4n) is 2.20. The van der Waals surface area contributed by atoms with Crippen molar-refractivity contribution in [2.24, 2.45) is 0 Å². The van der Waals surface area contributed by atoms with Crippen LogP contribution in [0.25, 0.3) is 0 Å². The van der Waals surface area contributed by atoms with E-state index in [-0.39, 0.29) is 5.82 Å². The molecule has 3 heteroatoms. The van der Waals surface area contributed by atoms with E-state index in [0.29, 0.717) is 5.69 Å². The van der Waals surface area contributed by atoms with Gasteiger partial charge in [-0.25, -0.2) is 4.39 Å². The molecular weight excluding hydrogens is 215 g/mol. The van der Waals surface area contributed by atoms with Crippen LogP contribution in [-0.4, -0.2) is 13.1 Å². The molecule has 2 aromatic rings. The van der Waals surface area contributed by atoms with Crippen molar-refractivity contribution in [3.8, 4) is 0 Å². The second-order valence-corrected chi connectivity index (χ2v) is 4.05. The Hall–Kier alpha value is -2.03. The highest BCUT2D eigenvalue weighted by molar-refractivity contribution is 5.78. The van der Waals surface area contributed by atoms with Crippen molar-refractivity contribution in [1.82, 2.24) is 0 Å². The van der Waals surface area contributed by atoms with E-state index in [1.54, 1.807) is 6.07 Å². The van der Waals surface area contributed by atoms with Crippen LogP contribution in [0.2, 0.25) is 0 Å². The lowest BCUT2D eigenvalue weighted by Gasteiger charge is -2.32. The second kappa shape index (κ2) is 4.09. The first-order chi connectivity index (χ1) is 8.36. The lowest BCUT2D eigenvalue weighted by Crippen LogP contribution is -2.30. The molecule has 0 saturated heterocycles. The van der Waals surface area contributed by atoms with Crippen LogP contribution in [0.3, 0.4) is 0 Å². The SMILES string of the molecule is Fc1ccccc1N1CCNc2ccccc21. The fraction of sp³-hybridized carbons (Fsp3) is 0.143. The zero-order chi connectivity index (χ0) is 11.7. The normalized spacial score (nSPS) is 14.1. The van der Waals surface area contributed by atoms with Crippen LogP contribution in [0.4, 0.5) is 21.5 Å². The molecule has 0 aliphatic carbocycles. The minimum atomic E-state index is -0.177. The molecule has 2 nitrogen and oxygen atoms in total. The van der Waals surface area contributed by atoms with Crippen molar-refractivity contribution in [1.29, 1.82) is 0 Å². The summed E-state index contributed by atoms with van der Waals surface area (Å²) in [6, 6.07) is 14.9. The minimum Gasteiger partial charge on any atom is -0.382 e. The van der Waals surface area contributed by atoms with E-state index in [2.05, 4.69) is 5.32 Å². The number of halogens is 1. The van der Waals surface area contributed by atoms with E-state index in [1.807, 2.05) is 41.3 Å². The largest absolute Gasteiger partial charge is 0.382 e. The first kappa shape index (κ1) is 10.1. The van der Waals surface area contributed by atoms with Gasteiger partial charge in [0, 0.05) is 13.1 Å². The number of rotatable bonds is 1. The Labute approximate surface area is 99.7 Å². The van der Waals surface area contributed by atoms with Crippen molar-refractivity contribution in [3.05, 3.63) is 54.3 Å². The molecule has 0 unspecified atom stereocenters. The first-order valence-corrected chi connectivity index (χ1v) is 5.71. The van der Waals surface area contributed by atoms with Gasteiger partial charge in [-0.05, 0) is 24.3 Å². The third-order valence-electron chi connectivity index (χ3n) is 2.99. The molecule has 0 bridgehead atoms. The molecular formula is C14H13FN2. The standard InChI is InChI=1S/C14H13FN2/c15-11-5-1-3-7-13(11)17-10-9-16-12-6-2-4-8-14(12)17/h1-8,16H,9-10H2. The number of fused-ring (bicyclic) bond motifs is 1. The van der Waals surface area contributed by atoms with Crippen LogP contribution >= 0.6 is 0 Å². The Morgan fingerprint density at radius 1 is 0.941 bits per heavy atom. The van der Waals surface area contributed by atoms with Crippen molar-refractivity contribution in [3.63, 3.8) is 0 Å². The maximum Gasteiger partial charge on any atom is 0.146 e. The molecule has 0 saturated carbocycles. The van der Waals surface area contributed by atoms with E-state index in [4.69, 9.17) is 0 Å². The Morgan fingerprint density at radius 3 is 2.47 bits per heavy atom. The van der Waals surface area contributed by atoms with E-state index in [9.17, 15) is 4.39 Å². The number of hydrogen-bond acceptors (Lipinski definition) is 2. The Balaban J connectivity index is 2.09. The third-order valence-corrected chi connectivity index (χ3v) is 2.99. The molecule has 0 spiro atoms. The number of nitrogens with zero attached hydrogens (tertiary/aromatic N) is 1. The highest BCUT2D eigenvalue weighted by Gasteiger charge is 2.19. The van der Waals surface area contributed by atoms with Crippen LogP contribution in [-0.2, 0) is 0 Å². The topological polar surface area (TPSA) is 15.3 Å². The zero-order valence-electron chi connectivity index (χ0n) is 9.36. The van der Waals surface area contributed by atoms with Gasteiger partial charge >= 0.3 is 0 Å². The minimum absolute atomic E-state index is 0.177. The summed E-state index contributed by atoms with van der Waals surface area (Å²) in [5, 5.41) is 3.32. The van der Waals surface area contributed by atoms with Crippen LogP contribution in [0.5, 0.6) is 0 Å². The number of nitrogens with one attached hydrogen (secondary N) is 1. The van der Waals surface area contributed by atoms with Gasteiger partial charge in [0.2, 0.25) is 0 Å². The van der Waals surface area contributed by atoms with Gasteiger partial charge in [0.25, 0.3) is 0 Å². The van der Waals surface area contributed by atoms with E-state index in [1.165, 1.54) is 6.07 Å². The highest BCUT2D eigenvalue weighted by Crippen LogP contribution is 2.35. The predicted molar refractivity (Wildman–Crippen MR) is 68.3 cm³/mol. The van der Waals surface area contributed by atoms with Crippen molar-refractivity contribution >= 4 is 17.1 Å². The summed E-state index contributed by atoms with van der Waals surface area (Å²) >= 11 is 0. The number of para-hydroxylation sites is 3. The first-order valence-electron chi connectivity index (χ1n) is 5.71. The van der Waals surface area contributed by atoms with E-state index < -0.39 is 0 Å². The summed E-state index contributed by atoms with van der Waals surface area (Å²) in [6.07, 6.45) is 0. The Morgan fingerprint density at radius 2 is 1.65 bits per heavy atom. The summed E-state index contributed by atoms with van der Waals surface area (Å²) in [7, 11) is 0. The molecule has 1 aliphatic rings. The summed E-state index contributed by atoms with van der Waals surface area (Å²) in [4.78, 5) is 2.02. The smallest absolute Gasteiger partial charge is 0.146 e. The quantitative estimate of drug-likeness (QED) is 0.804. The van der Waals surface area contributed by atoms with Crippen LogP contribution < -0.4 is 10.2 Å². The predicted octanol–water partition coefficient (Wildman–Crippen LogP) is 3.39. The Bertz CT molecular complexity index is 539. The summed E-state index contributed by atoms with van der Waals surface area (Å²) < 4.78 is 13.8. The molecule has 1 heterocycles. The summed E-state index contributed by atoms with van der Waals surface area (Å²) in [5.41, 5.74) is 2.73. The molecule has 0 fully saturated rings. The summed E-state index contributed by atoms with van der Waals surface area (Å²) in [6.45, 7) is 1.60. The monoisotopic (exact) mass is 228 g/mol. The number of hydrogen-bond donors (Lipinski definition) is 1. The average molecular weight is 228 g/mol. The fourth-order valence-corrected chi connectivity index (χ4v) is 2.20. The van der Waals surface area contributed by atoms with Gasteiger partial charge in [0.15, 0.2) is 0 Å². The molecule has 0 radical (unpaired) electrons. The number of benzene rings is 2. The molecule has 86 valence electrons. The van der Waals surface area contributed by atoms with Crippen LogP contribution in [0.1, 0.15) is 0 Å². The second-order valence-electron chi connectivity index (χ2n) is 4.05. The van der Waals surface area contributed by atoms with Gasteiger partial charge in [-0.15, -0.1) is 0 Å². The highest BCUT2D eigenvalue weighted by atomic mass is 19.1. The maximum atomic E-state index is 13.8. The van der Waals surface area contributed by atoms with Gasteiger partial charge < -0.3 is 10.2 Å². The molecule has 0 amide bonds. The van der Waals surface area contributed by atoms with Crippen LogP contribution in [0.15, 0.2) is 48.5 Å². The van der Waals surface area contributed by atoms with E-state index >= 15 is 0 Å². The van der Waals surface area contributed by atoms with Gasteiger partial charge in [0.05, 0.1) is 17.1 Å². The lowest BCUT2D eigenvalue weighted by atomic mass is 10.1. The molecule has 0 atom stereocenters. The van der Waals surface area contributed by atoms with Crippen molar-refractivity contribution < 1.29 is 4.39 Å². The average Bonchev–Trinajstić information content (AvgIpc) is 2.39. The van der Waals surface area contributed by atoms with Gasteiger partial charge in [-0.3, -0.25) is 0 Å². The third kappa shape index (κ3) is 1.73.